The molecule has 0 amide bonds. The highest BCUT2D eigenvalue weighted by Gasteiger charge is 1.87. The third-order valence-electron chi connectivity index (χ3n) is 3.32. The highest BCUT2D eigenvalue weighted by molar-refractivity contribution is 4.65. The van der Waals surface area contributed by atoms with Gasteiger partial charge in [0.05, 0.1) is 0 Å². The van der Waals surface area contributed by atoms with Gasteiger partial charge in [0.25, 0.3) is 0 Å². The monoisotopic (exact) mass is 269 g/mol. The van der Waals surface area contributed by atoms with E-state index in [1.807, 2.05) is 6.08 Å². The van der Waals surface area contributed by atoms with E-state index in [0.717, 1.165) is 6.54 Å². The molecule has 0 atom stereocenters. The number of unbranched alkanes of at least 4 members (excludes halogenated alkanes) is 11. The third kappa shape index (κ3) is 27.0. The minimum atomic E-state index is 0.867. The van der Waals surface area contributed by atoms with Crippen LogP contribution in [0.15, 0.2) is 12.7 Å². The van der Waals surface area contributed by atoms with Crippen molar-refractivity contribution in [1.29, 1.82) is 0 Å². The lowest BCUT2D eigenvalue weighted by atomic mass is 10.1. The van der Waals surface area contributed by atoms with Crippen LogP contribution in [0.1, 0.15) is 97.3 Å². The van der Waals surface area contributed by atoms with E-state index >= 15 is 0 Å². The van der Waals surface area contributed by atoms with Crippen molar-refractivity contribution in [2.24, 2.45) is 5.73 Å². The van der Waals surface area contributed by atoms with Gasteiger partial charge in [-0.2, -0.15) is 0 Å². The zero-order valence-corrected chi connectivity index (χ0v) is 13.8. The van der Waals surface area contributed by atoms with Gasteiger partial charge in [0.15, 0.2) is 0 Å². The molecule has 0 saturated heterocycles. The lowest BCUT2D eigenvalue weighted by Gasteiger charge is -1.96. The molecule has 0 bridgehead atoms. The first kappa shape index (κ1) is 21.0. The van der Waals surface area contributed by atoms with E-state index in [1.54, 1.807) is 0 Å². The second kappa shape index (κ2) is 22.8. The first-order valence-electron chi connectivity index (χ1n) is 8.64. The molecule has 1 heteroatoms. The molecular weight excluding hydrogens is 230 g/mol. The Morgan fingerprint density at radius 1 is 0.684 bits per heavy atom. The van der Waals surface area contributed by atoms with Gasteiger partial charge in [-0.05, 0) is 25.8 Å². The van der Waals surface area contributed by atoms with Crippen LogP contribution in [0.2, 0.25) is 0 Å². The van der Waals surface area contributed by atoms with E-state index in [9.17, 15) is 0 Å². The molecule has 0 aromatic carbocycles. The molecule has 0 aliphatic rings. The molecule has 2 N–H and O–H groups in total. The molecule has 0 aliphatic carbocycles. The van der Waals surface area contributed by atoms with Gasteiger partial charge in [-0.25, -0.2) is 0 Å². The summed E-state index contributed by atoms with van der Waals surface area (Å²) in [5, 5.41) is 0. The Kier molecular flexibility index (Phi) is 25.3. The summed E-state index contributed by atoms with van der Waals surface area (Å²) < 4.78 is 0. The van der Waals surface area contributed by atoms with Gasteiger partial charge in [0.1, 0.15) is 0 Å². The van der Waals surface area contributed by atoms with Gasteiger partial charge < -0.3 is 5.73 Å². The number of nitrogens with two attached hydrogens (primary N) is 1. The predicted molar refractivity (Wildman–Crippen MR) is 90.6 cm³/mol. The van der Waals surface area contributed by atoms with Crippen molar-refractivity contribution >= 4 is 0 Å². The molecule has 0 rings (SSSR count). The zero-order valence-electron chi connectivity index (χ0n) is 13.8. The normalized spacial score (nSPS) is 9.84. The van der Waals surface area contributed by atoms with Crippen LogP contribution in [0.5, 0.6) is 0 Å². The van der Waals surface area contributed by atoms with E-state index < -0.39 is 0 Å². The number of hydrogen-bond acceptors (Lipinski definition) is 1. The van der Waals surface area contributed by atoms with Gasteiger partial charge in [-0.3, -0.25) is 0 Å². The lowest BCUT2D eigenvalue weighted by molar-refractivity contribution is 0.611. The van der Waals surface area contributed by atoms with Gasteiger partial charge in [-0.1, -0.05) is 84.1 Å². The molecule has 0 unspecified atom stereocenters. The number of allylic oxidation sites excluding steroid dienone is 1. The average molecular weight is 270 g/mol. The summed E-state index contributed by atoms with van der Waals surface area (Å²) in [6, 6.07) is 0. The zero-order chi connectivity index (χ0) is 14.6. The van der Waals surface area contributed by atoms with Crippen LogP contribution >= 0.6 is 0 Å². The molecule has 0 fully saturated rings. The summed E-state index contributed by atoms with van der Waals surface area (Å²) in [5.41, 5.74) is 5.34. The minimum absolute atomic E-state index is 0.867. The summed E-state index contributed by atoms with van der Waals surface area (Å²) in [6.07, 6.45) is 19.6. The highest BCUT2D eigenvalue weighted by atomic mass is 14.5. The van der Waals surface area contributed by atoms with Gasteiger partial charge >= 0.3 is 0 Å². The molecule has 0 aromatic heterocycles. The van der Waals surface area contributed by atoms with Crippen molar-refractivity contribution in [1.82, 2.24) is 0 Å². The van der Waals surface area contributed by atoms with Gasteiger partial charge in [0, 0.05) is 0 Å². The molecule has 0 spiro atoms. The van der Waals surface area contributed by atoms with Crippen molar-refractivity contribution in [3.05, 3.63) is 12.7 Å². The molecule has 0 aliphatic heterocycles. The SMILES string of the molecule is C=CCCCCCCCC.CCCCCCCCN. The van der Waals surface area contributed by atoms with E-state index in [4.69, 9.17) is 5.73 Å². The molecule has 0 saturated carbocycles. The quantitative estimate of drug-likeness (QED) is 0.311. The third-order valence-corrected chi connectivity index (χ3v) is 3.32. The Balaban J connectivity index is 0. The van der Waals surface area contributed by atoms with Crippen molar-refractivity contribution < 1.29 is 0 Å². The fourth-order valence-electron chi connectivity index (χ4n) is 1.99. The van der Waals surface area contributed by atoms with Crippen LogP contribution in [0.4, 0.5) is 0 Å². The molecule has 116 valence electrons. The van der Waals surface area contributed by atoms with Crippen LogP contribution in [0.25, 0.3) is 0 Å². The summed E-state index contributed by atoms with van der Waals surface area (Å²) in [6.45, 7) is 9.05. The standard InChI is InChI=1S/C10H20.C8H19N/c1-3-5-7-9-10-8-6-4-2;1-2-3-4-5-6-7-8-9/h3H,1,4-10H2,2H3;2-9H2,1H3. The lowest BCUT2D eigenvalue weighted by Crippen LogP contribution is -1.97. The van der Waals surface area contributed by atoms with Crippen molar-refractivity contribution in [2.45, 2.75) is 97.3 Å². The summed E-state index contributed by atoms with van der Waals surface area (Å²) in [7, 11) is 0. The fourth-order valence-corrected chi connectivity index (χ4v) is 1.99. The van der Waals surface area contributed by atoms with E-state index in [2.05, 4.69) is 20.4 Å². The summed E-state index contributed by atoms with van der Waals surface area (Å²) in [5.74, 6) is 0. The van der Waals surface area contributed by atoms with Crippen LogP contribution in [0, 0.1) is 0 Å². The summed E-state index contributed by atoms with van der Waals surface area (Å²) >= 11 is 0. The second-order valence-electron chi connectivity index (χ2n) is 5.40. The Hall–Kier alpha value is -0.300. The number of rotatable bonds is 13. The van der Waals surface area contributed by atoms with Crippen LogP contribution in [0.3, 0.4) is 0 Å². The van der Waals surface area contributed by atoms with Crippen molar-refractivity contribution in [3.8, 4) is 0 Å². The maximum Gasteiger partial charge on any atom is -0.00773 e. The molecule has 0 heterocycles. The fraction of sp³-hybridized carbons (Fsp3) is 0.889. The second-order valence-corrected chi connectivity index (χ2v) is 5.40. The van der Waals surface area contributed by atoms with E-state index in [-0.39, 0.29) is 0 Å². The summed E-state index contributed by atoms with van der Waals surface area (Å²) in [4.78, 5) is 0. The van der Waals surface area contributed by atoms with E-state index in [0.29, 0.717) is 0 Å². The molecule has 0 radical (unpaired) electrons. The predicted octanol–water partition coefficient (Wildman–Crippen LogP) is 6.23. The van der Waals surface area contributed by atoms with Crippen molar-refractivity contribution in [3.63, 3.8) is 0 Å². The largest absolute Gasteiger partial charge is 0.330 e. The topological polar surface area (TPSA) is 26.0 Å². The Morgan fingerprint density at radius 2 is 1.11 bits per heavy atom. The Bertz CT molecular complexity index is 137. The van der Waals surface area contributed by atoms with Crippen LogP contribution in [-0.2, 0) is 0 Å². The molecule has 0 aromatic rings. The maximum absolute atomic E-state index is 5.34. The first-order valence-corrected chi connectivity index (χ1v) is 8.64. The van der Waals surface area contributed by atoms with Gasteiger partial charge in [-0.15, -0.1) is 6.58 Å². The highest BCUT2D eigenvalue weighted by Crippen LogP contribution is 2.06. The molecule has 1 nitrogen and oxygen atoms in total. The first-order chi connectivity index (χ1) is 9.33. The maximum atomic E-state index is 5.34. The molecule has 19 heavy (non-hydrogen) atoms. The molecular formula is C18H39N. The van der Waals surface area contributed by atoms with Gasteiger partial charge in [0.2, 0.25) is 0 Å². The Labute approximate surface area is 123 Å². The van der Waals surface area contributed by atoms with Crippen molar-refractivity contribution in [2.75, 3.05) is 6.54 Å². The average Bonchev–Trinajstić information content (AvgIpc) is 2.43. The van der Waals surface area contributed by atoms with Crippen LogP contribution in [-0.4, -0.2) is 6.54 Å². The minimum Gasteiger partial charge on any atom is -0.330 e. The number of hydrogen-bond donors (Lipinski definition) is 1. The smallest absolute Gasteiger partial charge is 0.00773 e. The Morgan fingerprint density at radius 3 is 1.53 bits per heavy atom. The van der Waals surface area contributed by atoms with Crippen LogP contribution < -0.4 is 5.73 Å². The van der Waals surface area contributed by atoms with E-state index in [1.165, 1.54) is 83.5 Å².